The lowest BCUT2D eigenvalue weighted by atomic mass is 9.74. The average Bonchev–Trinajstić information content (AvgIpc) is 2.73. The summed E-state index contributed by atoms with van der Waals surface area (Å²) in [7, 11) is 0. The fourth-order valence-electron chi connectivity index (χ4n) is 3.07. The Balaban J connectivity index is 2.27. The number of benzene rings is 1. The van der Waals surface area contributed by atoms with E-state index in [0.29, 0.717) is 6.61 Å². The second kappa shape index (κ2) is 5.13. The highest BCUT2D eigenvalue weighted by atomic mass is 16.5. The minimum absolute atomic E-state index is 0.0140. The van der Waals surface area contributed by atoms with Crippen molar-refractivity contribution in [1.29, 1.82) is 0 Å². The molecule has 1 aliphatic rings. The summed E-state index contributed by atoms with van der Waals surface area (Å²) in [6.45, 7) is 6.63. The van der Waals surface area contributed by atoms with Gasteiger partial charge in [-0.05, 0) is 32.3 Å². The van der Waals surface area contributed by atoms with Gasteiger partial charge < -0.3 is 4.74 Å². The third kappa shape index (κ3) is 2.29. The molecular weight excluding hydrogens is 224 g/mol. The van der Waals surface area contributed by atoms with E-state index in [-0.39, 0.29) is 17.3 Å². The van der Waals surface area contributed by atoms with Crippen molar-refractivity contribution in [3.8, 4) is 0 Å². The van der Waals surface area contributed by atoms with Gasteiger partial charge in [-0.3, -0.25) is 4.79 Å². The molecule has 0 saturated heterocycles. The van der Waals surface area contributed by atoms with E-state index in [2.05, 4.69) is 38.1 Å². The highest BCUT2D eigenvalue weighted by Gasteiger charge is 2.44. The molecule has 98 valence electrons. The van der Waals surface area contributed by atoms with E-state index in [0.717, 1.165) is 19.3 Å². The van der Waals surface area contributed by atoms with Crippen molar-refractivity contribution in [3.63, 3.8) is 0 Å². The molecular formula is C16H22O2. The van der Waals surface area contributed by atoms with Gasteiger partial charge in [-0.1, -0.05) is 43.2 Å². The van der Waals surface area contributed by atoms with E-state index in [4.69, 9.17) is 4.74 Å². The minimum atomic E-state index is -0.0556. The molecule has 1 fully saturated rings. The van der Waals surface area contributed by atoms with Crippen molar-refractivity contribution in [2.24, 2.45) is 5.92 Å². The van der Waals surface area contributed by atoms with Crippen LogP contribution in [0.3, 0.4) is 0 Å². The first kappa shape index (κ1) is 13.1. The van der Waals surface area contributed by atoms with Crippen molar-refractivity contribution < 1.29 is 9.53 Å². The first-order chi connectivity index (χ1) is 8.58. The summed E-state index contributed by atoms with van der Waals surface area (Å²) in [6.07, 6.45) is 3.12. The third-order valence-corrected chi connectivity index (χ3v) is 4.24. The number of carbonyl (C=O) groups is 1. The zero-order valence-corrected chi connectivity index (χ0v) is 11.5. The summed E-state index contributed by atoms with van der Waals surface area (Å²) in [5.74, 6) is -0.0155. The molecule has 2 rings (SSSR count). The first-order valence-corrected chi connectivity index (χ1v) is 6.81. The number of rotatable bonds is 3. The van der Waals surface area contributed by atoms with Crippen LogP contribution in [0.2, 0.25) is 0 Å². The molecule has 1 aromatic carbocycles. The van der Waals surface area contributed by atoms with Gasteiger partial charge >= 0.3 is 5.97 Å². The fourth-order valence-corrected chi connectivity index (χ4v) is 3.07. The molecule has 1 aliphatic carbocycles. The molecule has 2 unspecified atom stereocenters. The number of hydrogen-bond donors (Lipinski definition) is 0. The second-order valence-corrected chi connectivity index (χ2v) is 5.48. The zero-order chi connectivity index (χ0) is 13.2. The molecule has 2 atom stereocenters. The van der Waals surface area contributed by atoms with Crippen LogP contribution in [-0.4, -0.2) is 12.6 Å². The van der Waals surface area contributed by atoms with Crippen molar-refractivity contribution in [1.82, 2.24) is 0 Å². The second-order valence-electron chi connectivity index (χ2n) is 5.48. The molecule has 0 amide bonds. The lowest BCUT2D eigenvalue weighted by Crippen LogP contribution is -2.33. The summed E-state index contributed by atoms with van der Waals surface area (Å²) >= 11 is 0. The average molecular weight is 246 g/mol. The molecule has 0 bridgehead atoms. The maximum Gasteiger partial charge on any atom is 0.309 e. The zero-order valence-electron chi connectivity index (χ0n) is 11.5. The molecule has 0 aliphatic heterocycles. The Labute approximate surface area is 109 Å². The van der Waals surface area contributed by atoms with Gasteiger partial charge in [0.15, 0.2) is 0 Å². The van der Waals surface area contributed by atoms with Gasteiger partial charge in [0, 0.05) is 5.41 Å². The smallest absolute Gasteiger partial charge is 0.309 e. The van der Waals surface area contributed by atoms with Crippen LogP contribution in [0, 0.1) is 12.8 Å². The van der Waals surface area contributed by atoms with Gasteiger partial charge in [-0.25, -0.2) is 0 Å². The molecule has 1 aromatic rings. The van der Waals surface area contributed by atoms with Crippen LogP contribution in [0.4, 0.5) is 0 Å². The van der Waals surface area contributed by atoms with E-state index in [9.17, 15) is 4.79 Å². The topological polar surface area (TPSA) is 26.3 Å². The standard InChI is InChI=1S/C16H22O2/c1-4-18-15(17)14-6-5-11-16(14,3)13-9-7-12(2)8-10-13/h7-10,14H,4-6,11H2,1-3H3. The number of aryl methyl sites for hydroxylation is 1. The molecule has 0 aromatic heterocycles. The number of ether oxygens (including phenoxy) is 1. The molecule has 18 heavy (non-hydrogen) atoms. The van der Waals surface area contributed by atoms with E-state index >= 15 is 0 Å². The monoisotopic (exact) mass is 246 g/mol. The Morgan fingerprint density at radius 3 is 2.67 bits per heavy atom. The summed E-state index contributed by atoms with van der Waals surface area (Å²) < 4.78 is 5.23. The number of esters is 1. The van der Waals surface area contributed by atoms with Crippen LogP contribution >= 0.6 is 0 Å². The van der Waals surface area contributed by atoms with Gasteiger partial charge in [0.25, 0.3) is 0 Å². The highest BCUT2D eigenvalue weighted by Crippen LogP contribution is 2.46. The van der Waals surface area contributed by atoms with Gasteiger partial charge in [0.1, 0.15) is 0 Å². The maximum atomic E-state index is 12.1. The predicted molar refractivity (Wildman–Crippen MR) is 72.5 cm³/mol. The van der Waals surface area contributed by atoms with E-state index < -0.39 is 0 Å². The predicted octanol–water partition coefficient (Wildman–Crippen LogP) is 3.62. The van der Waals surface area contributed by atoms with Crippen LogP contribution in [0.15, 0.2) is 24.3 Å². The van der Waals surface area contributed by atoms with Gasteiger partial charge in [0.05, 0.1) is 12.5 Å². The van der Waals surface area contributed by atoms with Gasteiger partial charge in [-0.15, -0.1) is 0 Å². The van der Waals surface area contributed by atoms with E-state index in [1.807, 2.05) is 6.92 Å². The highest BCUT2D eigenvalue weighted by molar-refractivity contribution is 5.75. The molecule has 0 heterocycles. The van der Waals surface area contributed by atoms with Crippen LogP contribution in [-0.2, 0) is 14.9 Å². The summed E-state index contributed by atoms with van der Waals surface area (Å²) in [5, 5.41) is 0. The van der Waals surface area contributed by atoms with Gasteiger partial charge in [-0.2, -0.15) is 0 Å². The Kier molecular flexibility index (Phi) is 3.74. The third-order valence-electron chi connectivity index (χ3n) is 4.24. The van der Waals surface area contributed by atoms with Gasteiger partial charge in [0.2, 0.25) is 0 Å². The largest absolute Gasteiger partial charge is 0.466 e. The number of carbonyl (C=O) groups excluding carboxylic acids is 1. The molecule has 2 heteroatoms. The van der Waals surface area contributed by atoms with Crippen molar-refractivity contribution >= 4 is 5.97 Å². The lowest BCUT2D eigenvalue weighted by Gasteiger charge is -2.30. The van der Waals surface area contributed by atoms with Crippen LogP contribution in [0.5, 0.6) is 0 Å². The first-order valence-electron chi connectivity index (χ1n) is 6.81. The van der Waals surface area contributed by atoms with Crippen molar-refractivity contribution in [2.75, 3.05) is 6.61 Å². The van der Waals surface area contributed by atoms with Crippen LogP contribution in [0.25, 0.3) is 0 Å². The normalized spacial score (nSPS) is 27.2. The Morgan fingerprint density at radius 1 is 1.39 bits per heavy atom. The quantitative estimate of drug-likeness (QED) is 0.761. The fraction of sp³-hybridized carbons (Fsp3) is 0.562. The molecule has 0 N–H and O–H groups in total. The Morgan fingerprint density at radius 2 is 2.06 bits per heavy atom. The van der Waals surface area contributed by atoms with Crippen molar-refractivity contribution in [2.45, 2.75) is 45.4 Å². The summed E-state index contributed by atoms with van der Waals surface area (Å²) in [4.78, 5) is 12.1. The molecule has 0 radical (unpaired) electrons. The Hall–Kier alpha value is -1.31. The molecule has 0 spiro atoms. The lowest BCUT2D eigenvalue weighted by molar-refractivity contribution is -0.149. The van der Waals surface area contributed by atoms with Crippen LogP contribution in [0.1, 0.15) is 44.2 Å². The molecule has 2 nitrogen and oxygen atoms in total. The van der Waals surface area contributed by atoms with Crippen molar-refractivity contribution in [3.05, 3.63) is 35.4 Å². The van der Waals surface area contributed by atoms with Crippen LogP contribution < -0.4 is 0 Å². The Bertz CT molecular complexity index is 421. The SMILES string of the molecule is CCOC(=O)C1CCCC1(C)c1ccc(C)cc1. The summed E-state index contributed by atoms with van der Waals surface area (Å²) in [5.41, 5.74) is 2.47. The van der Waals surface area contributed by atoms with E-state index in [1.54, 1.807) is 0 Å². The maximum absolute atomic E-state index is 12.1. The number of hydrogen-bond acceptors (Lipinski definition) is 2. The van der Waals surface area contributed by atoms with E-state index in [1.165, 1.54) is 11.1 Å². The minimum Gasteiger partial charge on any atom is -0.466 e. The molecule has 1 saturated carbocycles. The summed E-state index contributed by atoms with van der Waals surface area (Å²) in [6, 6.07) is 8.57.